The first-order valence-electron chi connectivity index (χ1n) is 5.59. The molecule has 0 fully saturated rings. The monoisotopic (exact) mass is 320 g/mol. The van der Waals surface area contributed by atoms with Gasteiger partial charge in [0.15, 0.2) is 0 Å². The third-order valence-electron chi connectivity index (χ3n) is 2.71. The fourth-order valence-corrected chi connectivity index (χ4v) is 3.00. The summed E-state index contributed by atoms with van der Waals surface area (Å²) in [5, 5.41) is 10.0. The number of benzene rings is 1. The molecule has 0 aliphatic rings. The van der Waals surface area contributed by atoms with Crippen molar-refractivity contribution in [3.63, 3.8) is 0 Å². The number of nitriles is 1. The number of thiazole rings is 1. The second-order valence-electron chi connectivity index (χ2n) is 4.67. The van der Waals surface area contributed by atoms with E-state index in [9.17, 15) is 5.26 Å². The fraction of sp³-hybridized carbons (Fsp3) is 0.286. The maximum Gasteiger partial charge on any atom is 0.113 e. The van der Waals surface area contributed by atoms with Crippen molar-refractivity contribution in [3.8, 4) is 17.3 Å². The Morgan fingerprint density at radius 1 is 1.39 bits per heavy atom. The van der Waals surface area contributed by atoms with E-state index in [0.29, 0.717) is 0 Å². The van der Waals surface area contributed by atoms with E-state index in [1.54, 1.807) is 11.3 Å². The van der Waals surface area contributed by atoms with Crippen LogP contribution in [0.4, 0.5) is 0 Å². The van der Waals surface area contributed by atoms with Crippen molar-refractivity contribution in [2.45, 2.75) is 26.2 Å². The molecular weight excluding hydrogens is 308 g/mol. The van der Waals surface area contributed by atoms with Gasteiger partial charge in [0, 0.05) is 14.9 Å². The van der Waals surface area contributed by atoms with Crippen molar-refractivity contribution in [2.75, 3.05) is 0 Å². The predicted octanol–water partition coefficient (Wildman–Crippen LogP) is 4.68. The smallest absolute Gasteiger partial charge is 0.113 e. The zero-order valence-corrected chi connectivity index (χ0v) is 12.9. The highest BCUT2D eigenvalue weighted by atomic mass is 79.9. The summed E-state index contributed by atoms with van der Waals surface area (Å²) in [5.41, 5.74) is 1.53. The van der Waals surface area contributed by atoms with Crippen LogP contribution in [0.15, 0.2) is 28.7 Å². The summed E-state index contributed by atoms with van der Waals surface area (Å²) in [6.07, 6.45) is 0. The lowest BCUT2D eigenvalue weighted by Crippen LogP contribution is -2.13. The first-order valence-corrected chi connectivity index (χ1v) is 7.20. The Balaban J connectivity index is 2.52. The van der Waals surface area contributed by atoms with E-state index in [4.69, 9.17) is 0 Å². The van der Waals surface area contributed by atoms with Gasteiger partial charge in [0.2, 0.25) is 0 Å². The molecule has 0 bridgehead atoms. The van der Waals surface area contributed by atoms with E-state index in [-0.39, 0.29) is 0 Å². The highest BCUT2D eigenvalue weighted by Crippen LogP contribution is 2.34. The molecule has 2 nitrogen and oxygen atoms in total. The van der Waals surface area contributed by atoms with Crippen LogP contribution in [0.1, 0.15) is 23.7 Å². The van der Waals surface area contributed by atoms with Gasteiger partial charge < -0.3 is 0 Å². The molecule has 0 amide bonds. The first-order chi connectivity index (χ1) is 8.44. The third kappa shape index (κ3) is 2.47. The maximum absolute atomic E-state index is 9.17. The Hall–Kier alpha value is -1.18. The van der Waals surface area contributed by atoms with Gasteiger partial charge in [0.25, 0.3) is 0 Å². The fourth-order valence-electron chi connectivity index (χ4n) is 1.62. The van der Waals surface area contributed by atoms with E-state index in [1.807, 2.05) is 45.0 Å². The topological polar surface area (TPSA) is 36.7 Å². The lowest BCUT2D eigenvalue weighted by molar-refractivity contribution is 0.680. The number of halogens is 1. The summed E-state index contributed by atoms with van der Waals surface area (Å²) in [7, 11) is 0. The number of aromatic nitrogens is 1. The zero-order chi connectivity index (χ0) is 13.3. The van der Waals surface area contributed by atoms with Gasteiger partial charge in [-0.05, 0) is 32.9 Å². The molecular formula is C14H13BrN2S. The Morgan fingerprint density at radius 3 is 2.72 bits per heavy atom. The average Bonchev–Trinajstić information content (AvgIpc) is 2.72. The van der Waals surface area contributed by atoms with Crippen LogP contribution in [0.25, 0.3) is 11.3 Å². The van der Waals surface area contributed by atoms with Crippen LogP contribution in [-0.2, 0) is 5.41 Å². The molecule has 0 spiro atoms. The van der Waals surface area contributed by atoms with Gasteiger partial charge in [0.1, 0.15) is 10.4 Å². The normalized spacial score (nSPS) is 11.3. The van der Waals surface area contributed by atoms with Gasteiger partial charge in [-0.1, -0.05) is 28.1 Å². The minimum atomic E-state index is -0.528. The molecule has 0 aliphatic carbocycles. The Kier molecular flexibility index (Phi) is 3.56. The summed E-state index contributed by atoms with van der Waals surface area (Å²) < 4.78 is 1.04. The van der Waals surface area contributed by atoms with Gasteiger partial charge in [-0.25, -0.2) is 4.98 Å². The molecule has 1 aromatic carbocycles. The predicted molar refractivity (Wildman–Crippen MR) is 78.6 cm³/mol. The molecule has 1 aromatic heterocycles. The molecule has 0 N–H and O–H groups in total. The van der Waals surface area contributed by atoms with E-state index < -0.39 is 5.41 Å². The van der Waals surface area contributed by atoms with Crippen LogP contribution in [-0.4, -0.2) is 4.98 Å². The van der Waals surface area contributed by atoms with E-state index in [2.05, 4.69) is 27.0 Å². The number of aryl methyl sites for hydroxylation is 1. The summed E-state index contributed by atoms with van der Waals surface area (Å²) in [6.45, 7) is 5.84. The molecule has 1 heterocycles. The SMILES string of the molecule is Cc1sc(C(C)(C)C#N)nc1-c1cccc(Br)c1. The molecule has 0 unspecified atom stereocenters. The van der Waals surface area contributed by atoms with Crippen LogP contribution < -0.4 is 0 Å². The first kappa shape index (κ1) is 13.3. The highest BCUT2D eigenvalue weighted by molar-refractivity contribution is 9.10. The molecule has 4 heteroatoms. The van der Waals surface area contributed by atoms with Gasteiger partial charge in [-0.3, -0.25) is 0 Å². The van der Waals surface area contributed by atoms with Crippen LogP contribution in [0.5, 0.6) is 0 Å². The van der Waals surface area contributed by atoms with Crippen LogP contribution >= 0.6 is 27.3 Å². The summed E-state index contributed by atoms with van der Waals surface area (Å²) in [5.74, 6) is 0. The van der Waals surface area contributed by atoms with Crippen molar-refractivity contribution in [1.82, 2.24) is 4.98 Å². The van der Waals surface area contributed by atoms with E-state index in [1.165, 1.54) is 0 Å². The van der Waals surface area contributed by atoms with E-state index >= 15 is 0 Å². The molecule has 2 aromatic rings. The van der Waals surface area contributed by atoms with Gasteiger partial charge in [-0.2, -0.15) is 5.26 Å². The van der Waals surface area contributed by atoms with Crippen molar-refractivity contribution in [3.05, 3.63) is 38.6 Å². The Morgan fingerprint density at radius 2 is 2.11 bits per heavy atom. The summed E-state index contributed by atoms with van der Waals surface area (Å²) in [6, 6.07) is 10.4. The zero-order valence-electron chi connectivity index (χ0n) is 10.5. The van der Waals surface area contributed by atoms with Crippen LogP contribution in [0, 0.1) is 18.3 Å². The molecule has 0 atom stereocenters. The number of rotatable bonds is 2. The van der Waals surface area contributed by atoms with Gasteiger partial charge in [-0.15, -0.1) is 11.3 Å². The number of hydrogen-bond acceptors (Lipinski definition) is 3. The van der Waals surface area contributed by atoms with E-state index in [0.717, 1.165) is 25.6 Å². The Bertz CT molecular complexity index is 623. The molecule has 0 saturated heterocycles. The third-order valence-corrected chi connectivity index (χ3v) is 4.50. The summed E-state index contributed by atoms with van der Waals surface area (Å²) in [4.78, 5) is 5.78. The second kappa shape index (κ2) is 4.83. The van der Waals surface area contributed by atoms with Gasteiger partial charge >= 0.3 is 0 Å². The van der Waals surface area contributed by atoms with Crippen LogP contribution in [0.3, 0.4) is 0 Å². The molecule has 0 aliphatic heterocycles. The van der Waals surface area contributed by atoms with Crippen molar-refractivity contribution < 1.29 is 0 Å². The summed E-state index contributed by atoms with van der Waals surface area (Å²) >= 11 is 5.06. The largest absolute Gasteiger partial charge is 0.239 e. The van der Waals surface area contributed by atoms with Crippen molar-refractivity contribution >= 4 is 27.3 Å². The second-order valence-corrected chi connectivity index (χ2v) is 6.79. The molecule has 18 heavy (non-hydrogen) atoms. The highest BCUT2D eigenvalue weighted by Gasteiger charge is 2.25. The maximum atomic E-state index is 9.17. The molecule has 92 valence electrons. The quantitative estimate of drug-likeness (QED) is 0.805. The molecule has 0 radical (unpaired) electrons. The lowest BCUT2D eigenvalue weighted by atomic mass is 9.97. The standard InChI is InChI=1S/C14H13BrN2S/c1-9-12(10-5-4-6-11(15)7-10)17-13(18-9)14(2,3)8-16/h4-7H,1-3H3. The van der Waals surface area contributed by atoms with Crippen molar-refractivity contribution in [1.29, 1.82) is 5.26 Å². The number of nitrogens with zero attached hydrogens (tertiary/aromatic N) is 2. The molecule has 0 saturated carbocycles. The molecule has 2 rings (SSSR count). The average molecular weight is 321 g/mol. The minimum Gasteiger partial charge on any atom is -0.239 e. The number of hydrogen-bond donors (Lipinski definition) is 0. The van der Waals surface area contributed by atoms with Crippen LogP contribution in [0.2, 0.25) is 0 Å². The Labute approximate surface area is 119 Å². The minimum absolute atomic E-state index is 0.528. The van der Waals surface area contributed by atoms with Gasteiger partial charge in [0.05, 0.1) is 11.8 Å². The van der Waals surface area contributed by atoms with Crippen molar-refractivity contribution in [2.24, 2.45) is 0 Å². The lowest BCUT2D eigenvalue weighted by Gasteiger charge is -2.09.